The maximum atomic E-state index is 12.4. The Bertz CT molecular complexity index is 1050. The van der Waals surface area contributed by atoms with Crippen LogP contribution in [0.2, 0.25) is 0 Å². The molecule has 3 aromatic rings. The first-order valence-corrected chi connectivity index (χ1v) is 12.0. The molecule has 0 saturated heterocycles. The van der Waals surface area contributed by atoms with Crippen LogP contribution in [0.25, 0.3) is 0 Å². The molecule has 1 heterocycles. The second kappa shape index (κ2) is 10.4. The van der Waals surface area contributed by atoms with Crippen molar-refractivity contribution in [1.82, 2.24) is 10.0 Å². The van der Waals surface area contributed by atoms with E-state index in [4.69, 9.17) is 0 Å². The Balaban J connectivity index is 1.45. The topological polar surface area (TPSA) is 95.5 Å². The van der Waals surface area contributed by atoms with E-state index in [1.165, 1.54) is 24.3 Å². The summed E-state index contributed by atoms with van der Waals surface area (Å²) in [7, 11) is -3.61. The summed E-state index contributed by atoms with van der Waals surface area (Å²) in [6.45, 7) is 0.830. The number of rotatable bonds is 10. The van der Waals surface area contributed by atoms with Crippen LogP contribution in [-0.4, -0.2) is 32.5 Å². The summed E-state index contributed by atoms with van der Waals surface area (Å²) < 4.78 is 27.4. The number of benzene rings is 2. The number of carbonyl (C=O) groups is 1. The summed E-state index contributed by atoms with van der Waals surface area (Å²) in [4.78, 5) is 13.5. The molecule has 2 aromatic carbocycles. The Morgan fingerprint density at radius 2 is 1.67 bits per heavy atom. The van der Waals surface area contributed by atoms with Crippen molar-refractivity contribution in [2.45, 2.75) is 24.2 Å². The van der Waals surface area contributed by atoms with Gasteiger partial charge in [-0.25, -0.2) is 13.1 Å². The van der Waals surface area contributed by atoms with Crippen LogP contribution in [-0.2, 0) is 22.9 Å². The number of amides is 1. The summed E-state index contributed by atoms with van der Waals surface area (Å²) in [5.41, 5.74) is 1.50. The van der Waals surface area contributed by atoms with E-state index < -0.39 is 10.0 Å². The molecule has 0 aliphatic rings. The second-order valence-corrected chi connectivity index (χ2v) is 9.58. The second-order valence-electron chi connectivity index (χ2n) is 6.78. The summed E-state index contributed by atoms with van der Waals surface area (Å²) in [5.74, 6) is -0.00877. The maximum Gasteiger partial charge on any atom is 0.251 e. The molecule has 3 rings (SSSR count). The Hall–Kier alpha value is -2.68. The molecule has 0 unspecified atom stereocenters. The molecular formula is C22H24N2O4S2. The lowest BCUT2D eigenvalue weighted by molar-refractivity contribution is 0.0953. The molecule has 0 aliphatic heterocycles. The third kappa shape index (κ3) is 6.41. The lowest BCUT2D eigenvalue weighted by Gasteiger charge is -2.08. The Kier molecular flexibility index (Phi) is 7.62. The van der Waals surface area contributed by atoms with E-state index in [-0.39, 0.29) is 16.6 Å². The monoisotopic (exact) mass is 444 g/mol. The van der Waals surface area contributed by atoms with Crippen molar-refractivity contribution in [3.05, 3.63) is 82.0 Å². The smallest absolute Gasteiger partial charge is 0.251 e. The van der Waals surface area contributed by atoms with E-state index in [1.807, 2.05) is 29.6 Å². The molecule has 30 heavy (non-hydrogen) atoms. The predicted octanol–water partition coefficient (Wildman–Crippen LogP) is 3.34. The lowest BCUT2D eigenvalue weighted by Crippen LogP contribution is -2.26. The molecule has 0 bridgehead atoms. The average molecular weight is 445 g/mol. The van der Waals surface area contributed by atoms with Crippen molar-refractivity contribution in [2.75, 3.05) is 13.1 Å². The van der Waals surface area contributed by atoms with Crippen molar-refractivity contribution < 1.29 is 18.3 Å². The molecule has 1 amide bonds. The van der Waals surface area contributed by atoms with Gasteiger partial charge in [-0.15, -0.1) is 11.3 Å². The number of carbonyl (C=O) groups excluding carboxylic acids is 1. The summed E-state index contributed by atoms with van der Waals surface area (Å²) in [5, 5.41) is 14.1. The van der Waals surface area contributed by atoms with Gasteiger partial charge in [-0.05, 0) is 72.7 Å². The number of phenolic OH excluding ortho intramolecular Hbond substituents is 1. The Morgan fingerprint density at radius 1 is 0.933 bits per heavy atom. The van der Waals surface area contributed by atoms with Gasteiger partial charge in [-0.2, -0.15) is 0 Å². The van der Waals surface area contributed by atoms with E-state index in [0.29, 0.717) is 25.1 Å². The fraction of sp³-hybridized carbons (Fsp3) is 0.227. The van der Waals surface area contributed by atoms with Gasteiger partial charge in [0.1, 0.15) is 5.75 Å². The van der Waals surface area contributed by atoms with Gasteiger partial charge in [-0.3, -0.25) is 4.79 Å². The van der Waals surface area contributed by atoms with Crippen LogP contribution < -0.4 is 10.0 Å². The van der Waals surface area contributed by atoms with Gasteiger partial charge in [0.25, 0.3) is 5.91 Å². The van der Waals surface area contributed by atoms with Crippen molar-refractivity contribution in [2.24, 2.45) is 0 Å². The molecule has 0 spiro atoms. The van der Waals surface area contributed by atoms with E-state index in [0.717, 1.165) is 23.3 Å². The molecule has 0 atom stereocenters. The van der Waals surface area contributed by atoms with Crippen LogP contribution in [0.3, 0.4) is 0 Å². The highest BCUT2D eigenvalue weighted by Gasteiger charge is 2.14. The van der Waals surface area contributed by atoms with Crippen LogP contribution >= 0.6 is 11.3 Å². The van der Waals surface area contributed by atoms with E-state index in [1.54, 1.807) is 23.5 Å². The molecule has 0 radical (unpaired) electrons. The molecule has 158 valence electrons. The zero-order valence-electron chi connectivity index (χ0n) is 16.4. The fourth-order valence-corrected chi connectivity index (χ4v) is 4.63. The van der Waals surface area contributed by atoms with Crippen LogP contribution in [0.5, 0.6) is 5.75 Å². The van der Waals surface area contributed by atoms with Gasteiger partial charge in [-0.1, -0.05) is 18.2 Å². The Morgan fingerprint density at radius 3 is 2.33 bits per heavy atom. The molecule has 3 N–H and O–H groups in total. The number of aromatic hydroxyl groups is 1. The highest BCUT2D eigenvalue weighted by Crippen LogP contribution is 2.13. The number of nitrogens with one attached hydrogen (secondary N) is 2. The normalized spacial score (nSPS) is 11.3. The molecule has 6 nitrogen and oxygen atoms in total. The van der Waals surface area contributed by atoms with Gasteiger partial charge >= 0.3 is 0 Å². The number of sulfonamides is 1. The van der Waals surface area contributed by atoms with Crippen molar-refractivity contribution in [3.8, 4) is 5.75 Å². The summed E-state index contributed by atoms with van der Waals surface area (Å²) in [6.07, 6.45) is 2.19. The third-order valence-electron chi connectivity index (χ3n) is 4.53. The largest absolute Gasteiger partial charge is 0.508 e. The van der Waals surface area contributed by atoms with Crippen LogP contribution in [0.15, 0.2) is 70.9 Å². The van der Waals surface area contributed by atoms with Gasteiger partial charge in [0.2, 0.25) is 10.0 Å². The number of phenols is 1. The minimum Gasteiger partial charge on any atom is -0.508 e. The minimum absolute atomic E-state index is 0.137. The number of aryl methyl sites for hydroxylation is 1. The molecular weight excluding hydrogens is 420 g/mol. The zero-order valence-corrected chi connectivity index (χ0v) is 18.0. The van der Waals surface area contributed by atoms with Crippen LogP contribution in [0.4, 0.5) is 0 Å². The summed E-state index contributed by atoms with van der Waals surface area (Å²) in [6, 6.07) is 16.8. The third-order valence-corrected chi connectivity index (χ3v) is 6.95. The first kappa shape index (κ1) is 22.0. The van der Waals surface area contributed by atoms with Gasteiger partial charge in [0.15, 0.2) is 0 Å². The quantitative estimate of drug-likeness (QED) is 0.418. The first-order valence-electron chi connectivity index (χ1n) is 9.62. The molecule has 8 heteroatoms. The standard InChI is InChI=1S/C22H24N2O4S2/c25-19-9-5-17(6-10-19)3-1-14-23-22(26)18-7-11-21(12-8-18)30(27,28)24-15-13-20-4-2-16-29-20/h2,4-12,16,24-25H,1,3,13-15H2,(H,23,26). The molecule has 0 aliphatic carbocycles. The van der Waals surface area contributed by atoms with Crippen LogP contribution in [0, 0.1) is 0 Å². The SMILES string of the molecule is O=C(NCCCc1ccc(O)cc1)c1ccc(S(=O)(=O)NCCc2cccs2)cc1. The number of thiophene rings is 1. The zero-order chi connectivity index (χ0) is 21.4. The van der Waals surface area contributed by atoms with E-state index in [9.17, 15) is 18.3 Å². The molecule has 0 saturated carbocycles. The Labute approximate surface area is 180 Å². The fourth-order valence-electron chi connectivity index (χ4n) is 2.89. The van der Waals surface area contributed by atoms with E-state index >= 15 is 0 Å². The predicted molar refractivity (Wildman–Crippen MR) is 118 cm³/mol. The highest BCUT2D eigenvalue weighted by molar-refractivity contribution is 7.89. The lowest BCUT2D eigenvalue weighted by atomic mass is 10.1. The van der Waals surface area contributed by atoms with Crippen molar-refractivity contribution in [3.63, 3.8) is 0 Å². The van der Waals surface area contributed by atoms with Gasteiger partial charge in [0.05, 0.1) is 4.90 Å². The molecule has 1 aromatic heterocycles. The highest BCUT2D eigenvalue weighted by atomic mass is 32.2. The number of hydrogen-bond donors (Lipinski definition) is 3. The number of hydrogen-bond acceptors (Lipinski definition) is 5. The minimum atomic E-state index is -3.61. The van der Waals surface area contributed by atoms with Gasteiger partial charge in [0, 0.05) is 23.5 Å². The van der Waals surface area contributed by atoms with Crippen LogP contribution in [0.1, 0.15) is 27.2 Å². The van der Waals surface area contributed by atoms with Crippen molar-refractivity contribution in [1.29, 1.82) is 0 Å². The van der Waals surface area contributed by atoms with E-state index in [2.05, 4.69) is 10.0 Å². The first-order chi connectivity index (χ1) is 14.4. The maximum absolute atomic E-state index is 12.4. The van der Waals surface area contributed by atoms with Gasteiger partial charge < -0.3 is 10.4 Å². The summed E-state index contributed by atoms with van der Waals surface area (Å²) >= 11 is 1.59. The molecule has 0 fully saturated rings. The van der Waals surface area contributed by atoms with Crippen molar-refractivity contribution >= 4 is 27.3 Å². The average Bonchev–Trinajstić information content (AvgIpc) is 3.26.